The third-order valence-corrected chi connectivity index (χ3v) is 2.12. The smallest absolute Gasteiger partial charge is 0.408 e. The Bertz CT molecular complexity index is 157. The minimum atomic E-state index is -0.0243. The maximum Gasteiger partial charge on any atom is 0.460 e. The molecule has 0 amide bonds. The fourth-order valence-corrected chi connectivity index (χ4v) is 1.65. The van der Waals surface area contributed by atoms with Crippen molar-refractivity contribution in [2.45, 2.75) is 58.6 Å². The van der Waals surface area contributed by atoms with Crippen molar-refractivity contribution in [2.75, 3.05) is 0 Å². The van der Waals surface area contributed by atoms with Crippen molar-refractivity contribution < 1.29 is 9.31 Å². The summed E-state index contributed by atoms with van der Waals surface area (Å²) in [4.78, 5) is 0. The van der Waals surface area contributed by atoms with E-state index in [-0.39, 0.29) is 12.7 Å². The molecule has 0 N–H and O–H groups in total. The molecule has 1 aliphatic heterocycles. The lowest BCUT2D eigenvalue weighted by atomic mass is 9.71. The highest BCUT2D eigenvalue weighted by atomic mass is 16.6. The zero-order valence-electron chi connectivity index (χ0n) is 8.76. The summed E-state index contributed by atoms with van der Waals surface area (Å²) in [6.45, 7) is 10.6. The molecule has 0 radical (unpaired) electrons. The molecule has 12 heavy (non-hydrogen) atoms. The van der Waals surface area contributed by atoms with Gasteiger partial charge in [0.05, 0.1) is 5.60 Å². The van der Waals surface area contributed by atoms with Crippen LogP contribution in [-0.2, 0) is 9.31 Å². The van der Waals surface area contributed by atoms with Crippen molar-refractivity contribution >= 4 is 7.12 Å². The standard InChI is InChI=1S/C9H19BO2/c1-7(2)10-11-8(3)6-9(4,5)12-10/h7-8H,6H2,1-5H3. The van der Waals surface area contributed by atoms with Crippen LogP contribution < -0.4 is 0 Å². The first-order valence-corrected chi connectivity index (χ1v) is 4.74. The van der Waals surface area contributed by atoms with Crippen LogP contribution in [0.5, 0.6) is 0 Å². The van der Waals surface area contributed by atoms with E-state index in [9.17, 15) is 0 Å². The van der Waals surface area contributed by atoms with Gasteiger partial charge in [-0.3, -0.25) is 0 Å². The van der Waals surface area contributed by atoms with Crippen molar-refractivity contribution in [2.24, 2.45) is 0 Å². The molecule has 70 valence electrons. The van der Waals surface area contributed by atoms with Crippen molar-refractivity contribution in [1.29, 1.82) is 0 Å². The van der Waals surface area contributed by atoms with Gasteiger partial charge in [-0.15, -0.1) is 0 Å². The monoisotopic (exact) mass is 170 g/mol. The minimum absolute atomic E-state index is 0.0212. The zero-order valence-corrected chi connectivity index (χ0v) is 8.76. The average Bonchev–Trinajstić information content (AvgIpc) is 1.82. The summed E-state index contributed by atoms with van der Waals surface area (Å²) in [6.07, 6.45) is 1.30. The van der Waals surface area contributed by atoms with Gasteiger partial charge in [-0.1, -0.05) is 13.8 Å². The number of hydrogen-bond acceptors (Lipinski definition) is 2. The molecule has 1 unspecified atom stereocenters. The normalized spacial score (nSPS) is 29.5. The molecular weight excluding hydrogens is 151 g/mol. The molecule has 1 rings (SSSR count). The van der Waals surface area contributed by atoms with Crippen LogP contribution in [-0.4, -0.2) is 18.8 Å². The van der Waals surface area contributed by atoms with E-state index < -0.39 is 0 Å². The van der Waals surface area contributed by atoms with E-state index in [2.05, 4.69) is 34.6 Å². The number of rotatable bonds is 1. The maximum atomic E-state index is 5.78. The van der Waals surface area contributed by atoms with E-state index in [4.69, 9.17) is 9.31 Å². The second kappa shape index (κ2) is 3.39. The van der Waals surface area contributed by atoms with Crippen LogP contribution >= 0.6 is 0 Å². The Balaban J connectivity index is 2.58. The van der Waals surface area contributed by atoms with Crippen molar-refractivity contribution in [3.05, 3.63) is 0 Å². The van der Waals surface area contributed by atoms with Gasteiger partial charge in [-0.25, -0.2) is 0 Å². The average molecular weight is 170 g/mol. The lowest BCUT2D eigenvalue weighted by molar-refractivity contribution is -0.0314. The van der Waals surface area contributed by atoms with E-state index in [1.54, 1.807) is 0 Å². The highest BCUT2D eigenvalue weighted by molar-refractivity contribution is 6.46. The lowest BCUT2D eigenvalue weighted by Crippen LogP contribution is -2.47. The van der Waals surface area contributed by atoms with Gasteiger partial charge >= 0.3 is 7.12 Å². The Morgan fingerprint density at radius 2 is 2.00 bits per heavy atom. The summed E-state index contributed by atoms with van der Waals surface area (Å²) >= 11 is 0. The van der Waals surface area contributed by atoms with E-state index in [0.29, 0.717) is 11.9 Å². The summed E-state index contributed by atoms with van der Waals surface area (Å²) < 4.78 is 11.4. The second-order valence-corrected chi connectivity index (χ2v) is 4.64. The van der Waals surface area contributed by atoms with Crippen molar-refractivity contribution in [3.8, 4) is 0 Å². The fourth-order valence-electron chi connectivity index (χ4n) is 1.65. The first kappa shape index (κ1) is 10.1. The summed E-state index contributed by atoms with van der Waals surface area (Å²) in [5.41, 5.74) is -0.0212. The molecule has 1 saturated heterocycles. The largest absolute Gasteiger partial charge is 0.460 e. The number of hydrogen-bond donors (Lipinski definition) is 0. The van der Waals surface area contributed by atoms with Gasteiger partial charge in [0.25, 0.3) is 0 Å². The molecular formula is C9H19BO2. The molecule has 1 aliphatic rings. The van der Waals surface area contributed by atoms with Crippen molar-refractivity contribution in [1.82, 2.24) is 0 Å². The molecule has 0 aromatic heterocycles. The van der Waals surface area contributed by atoms with Gasteiger partial charge in [-0.05, 0) is 33.0 Å². The van der Waals surface area contributed by atoms with E-state index in [1.807, 2.05) is 0 Å². The summed E-state index contributed by atoms with van der Waals surface area (Å²) in [5, 5.41) is 0. The van der Waals surface area contributed by atoms with E-state index in [0.717, 1.165) is 6.42 Å². The van der Waals surface area contributed by atoms with Gasteiger partial charge in [0.2, 0.25) is 0 Å². The van der Waals surface area contributed by atoms with Crippen LogP contribution in [0.25, 0.3) is 0 Å². The van der Waals surface area contributed by atoms with E-state index >= 15 is 0 Å². The van der Waals surface area contributed by atoms with Crippen LogP contribution in [0.2, 0.25) is 5.82 Å². The zero-order chi connectivity index (χ0) is 9.35. The van der Waals surface area contributed by atoms with Crippen LogP contribution in [0.1, 0.15) is 41.0 Å². The molecule has 0 aliphatic carbocycles. The third-order valence-electron chi connectivity index (χ3n) is 2.12. The SMILES string of the molecule is CC1CC(C)(C)OB(C(C)C)O1. The molecule has 0 saturated carbocycles. The Labute approximate surface area is 75.8 Å². The first-order chi connectivity index (χ1) is 5.41. The molecule has 0 spiro atoms. The van der Waals surface area contributed by atoms with Crippen LogP contribution in [0.3, 0.4) is 0 Å². The molecule has 1 fully saturated rings. The third kappa shape index (κ3) is 2.49. The Morgan fingerprint density at radius 1 is 1.42 bits per heavy atom. The fraction of sp³-hybridized carbons (Fsp3) is 1.00. The highest BCUT2D eigenvalue weighted by Gasteiger charge is 2.38. The molecule has 1 atom stereocenters. The molecule has 0 aromatic carbocycles. The summed E-state index contributed by atoms with van der Waals surface area (Å²) in [7, 11) is -0.0243. The molecule has 1 heterocycles. The quantitative estimate of drug-likeness (QED) is 0.563. The van der Waals surface area contributed by atoms with Gasteiger partial charge in [0.15, 0.2) is 0 Å². The van der Waals surface area contributed by atoms with E-state index in [1.165, 1.54) is 0 Å². The van der Waals surface area contributed by atoms with Gasteiger partial charge in [-0.2, -0.15) is 0 Å². The van der Waals surface area contributed by atoms with Gasteiger partial charge < -0.3 is 9.31 Å². The predicted molar refractivity (Wildman–Crippen MR) is 51.2 cm³/mol. The molecule has 0 aromatic rings. The summed E-state index contributed by atoms with van der Waals surface area (Å²) in [6, 6.07) is 0. The lowest BCUT2D eigenvalue weighted by Gasteiger charge is -2.39. The Hall–Kier alpha value is -0.0151. The van der Waals surface area contributed by atoms with Crippen molar-refractivity contribution in [3.63, 3.8) is 0 Å². The van der Waals surface area contributed by atoms with Crippen LogP contribution in [0.15, 0.2) is 0 Å². The van der Waals surface area contributed by atoms with Gasteiger partial charge in [0, 0.05) is 6.10 Å². The first-order valence-electron chi connectivity index (χ1n) is 4.74. The minimum Gasteiger partial charge on any atom is -0.408 e. The predicted octanol–water partition coefficient (Wildman–Crippen LogP) is 2.49. The Morgan fingerprint density at radius 3 is 2.42 bits per heavy atom. The highest BCUT2D eigenvalue weighted by Crippen LogP contribution is 2.29. The van der Waals surface area contributed by atoms with Gasteiger partial charge in [0.1, 0.15) is 0 Å². The molecule has 3 heteroatoms. The molecule has 2 nitrogen and oxygen atoms in total. The molecule has 0 bridgehead atoms. The van der Waals surface area contributed by atoms with Crippen LogP contribution in [0.4, 0.5) is 0 Å². The maximum absolute atomic E-state index is 5.78. The second-order valence-electron chi connectivity index (χ2n) is 4.64. The summed E-state index contributed by atoms with van der Waals surface area (Å²) in [5.74, 6) is 0.437. The Kier molecular flexibility index (Phi) is 2.84. The van der Waals surface area contributed by atoms with Crippen LogP contribution in [0, 0.1) is 0 Å². The topological polar surface area (TPSA) is 18.5 Å².